The number of ether oxygens (including phenoxy) is 1. The lowest BCUT2D eigenvalue weighted by Gasteiger charge is -2.26. The first-order valence-electron chi connectivity index (χ1n) is 10.8. The summed E-state index contributed by atoms with van der Waals surface area (Å²) in [4.78, 5) is 14.8. The summed E-state index contributed by atoms with van der Waals surface area (Å²) in [7, 11) is 0. The van der Waals surface area contributed by atoms with Crippen LogP contribution in [0.1, 0.15) is 28.8 Å². The molecule has 0 spiro atoms. The van der Waals surface area contributed by atoms with E-state index in [1.807, 2.05) is 71.6 Å². The molecule has 3 aromatic rings. The molecular formula is C25H29N3O2S. The van der Waals surface area contributed by atoms with Gasteiger partial charge in [-0.25, -0.2) is 4.68 Å². The van der Waals surface area contributed by atoms with Crippen molar-refractivity contribution in [3.63, 3.8) is 0 Å². The van der Waals surface area contributed by atoms with Gasteiger partial charge >= 0.3 is 0 Å². The van der Waals surface area contributed by atoms with E-state index in [9.17, 15) is 4.79 Å². The van der Waals surface area contributed by atoms with Gasteiger partial charge in [-0.05, 0) is 62.6 Å². The average Bonchev–Trinajstić information content (AvgIpc) is 3.07. The predicted octanol–water partition coefficient (Wildman–Crippen LogP) is 5.10. The zero-order valence-electron chi connectivity index (χ0n) is 18.4. The molecule has 2 aromatic carbocycles. The summed E-state index contributed by atoms with van der Waals surface area (Å²) in [6, 6.07) is 16.2. The highest BCUT2D eigenvalue weighted by atomic mass is 32.2. The van der Waals surface area contributed by atoms with Gasteiger partial charge in [0.25, 0.3) is 0 Å². The Hall–Kier alpha value is -2.73. The number of nitrogens with zero attached hydrogens (tertiary/aromatic N) is 3. The fourth-order valence-electron chi connectivity index (χ4n) is 3.86. The topological polar surface area (TPSA) is 47.4 Å². The Morgan fingerprint density at radius 3 is 2.45 bits per heavy atom. The third kappa shape index (κ3) is 5.13. The lowest BCUT2D eigenvalue weighted by atomic mass is 10.1. The quantitative estimate of drug-likeness (QED) is 0.541. The summed E-state index contributed by atoms with van der Waals surface area (Å²) >= 11 is 1.91. The van der Waals surface area contributed by atoms with Gasteiger partial charge in [-0.15, -0.1) is 0 Å². The Kier molecular flexibility index (Phi) is 6.66. The minimum Gasteiger partial charge on any atom is -0.439 e. The van der Waals surface area contributed by atoms with Crippen LogP contribution in [-0.4, -0.2) is 45.2 Å². The average molecular weight is 436 g/mol. The van der Waals surface area contributed by atoms with E-state index in [-0.39, 0.29) is 5.91 Å². The second kappa shape index (κ2) is 9.60. The van der Waals surface area contributed by atoms with Gasteiger partial charge in [-0.2, -0.15) is 16.9 Å². The molecule has 6 heteroatoms. The van der Waals surface area contributed by atoms with Gasteiger partial charge in [0.2, 0.25) is 11.8 Å². The van der Waals surface area contributed by atoms with Crippen LogP contribution in [0.25, 0.3) is 5.69 Å². The molecule has 0 aliphatic carbocycles. The van der Waals surface area contributed by atoms with Crippen LogP contribution >= 0.6 is 11.8 Å². The third-order valence-corrected chi connectivity index (χ3v) is 6.48. The number of aryl methyl sites for hydroxylation is 3. The lowest BCUT2D eigenvalue weighted by molar-refractivity contribution is -0.130. The van der Waals surface area contributed by atoms with E-state index in [0.29, 0.717) is 18.7 Å². The second-order valence-electron chi connectivity index (χ2n) is 8.03. The first kappa shape index (κ1) is 21.5. The first-order chi connectivity index (χ1) is 15.0. The highest BCUT2D eigenvalue weighted by molar-refractivity contribution is 7.99. The zero-order valence-corrected chi connectivity index (χ0v) is 19.2. The maximum absolute atomic E-state index is 12.8. The maximum atomic E-state index is 12.8. The standard InChI is InChI=1S/C25H29N3O2S/c1-18-6-4-8-21(16-18)28-25(30-22-9-5-7-19(2)17-22)23(20(3)26-28)10-11-24(29)27-12-14-31-15-13-27/h4-9,16-17H,10-15H2,1-3H3. The van der Waals surface area contributed by atoms with Crippen molar-refractivity contribution in [1.29, 1.82) is 0 Å². The van der Waals surface area contributed by atoms with E-state index in [4.69, 9.17) is 9.84 Å². The van der Waals surface area contributed by atoms with Crippen molar-refractivity contribution >= 4 is 17.7 Å². The number of aromatic nitrogens is 2. The molecule has 0 bridgehead atoms. The zero-order chi connectivity index (χ0) is 21.8. The van der Waals surface area contributed by atoms with Crippen LogP contribution in [0.3, 0.4) is 0 Å². The van der Waals surface area contributed by atoms with E-state index < -0.39 is 0 Å². The predicted molar refractivity (Wildman–Crippen MR) is 127 cm³/mol. The van der Waals surface area contributed by atoms with Crippen molar-refractivity contribution in [2.75, 3.05) is 24.6 Å². The van der Waals surface area contributed by atoms with Crippen molar-refractivity contribution < 1.29 is 9.53 Å². The van der Waals surface area contributed by atoms with E-state index in [2.05, 4.69) is 19.1 Å². The van der Waals surface area contributed by atoms with Gasteiger partial charge in [-0.3, -0.25) is 4.79 Å². The van der Waals surface area contributed by atoms with Crippen LogP contribution in [0, 0.1) is 20.8 Å². The molecule has 1 fully saturated rings. The minimum atomic E-state index is 0.213. The van der Waals surface area contributed by atoms with Gasteiger partial charge in [-0.1, -0.05) is 24.3 Å². The fourth-order valence-corrected chi connectivity index (χ4v) is 4.76. The smallest absolute Gasteiger partial charge is 0.226 e. The van der Waals surface area contributed by atoms with Crippen LogP contribution in [0.2, 0.25) is 0 Å². The largest absolute Gasteiger partial charge is 0.439 e. The van der Waals surface area contributed by atoms with Gasteiger partial charge in [0.05, 0.1) is 11.4 Å². The molecule has 0 unspecified atom stereocenters. The second-order valence-corrected chi connectivity index (χ2v) is 9.26. The number of hydrogen-bond donors (Lipinski definition) is 0. The number of amides is 1. The summed E-state index contributed by atoms with van der Waals surface area (Å²) in [5.41, 5.74) is 5.13. The first-order valence-corrected chi connectivity index (χ1v) is 11.9. The van der Waals surface area contributed by atoms with Crippen LogP contribution in [0.5, 0.6) is 11.6 Å². The van der Waals surface area contributed by atoms with Crippen molar-refractivity contribution in [3.8, 4) is 17.3 Å². The van der Waals surface area contributed by atoms with E-state index in [0.717, 1.165) is 58.4 Å². The van der Waals surface area contributed by atoms with E-state index in [1.165, 1.54) is 0 Å². The summed E-state index contributed by atoms with van der Waals surface area (Å²) in [5.74, 6) is 3.73. The molecule has 0 N–H and O–H groups in total. The summed E-state index contributed by atoms with van der Waals surface area (Å²) in [5, 5.41) is 4.79. The molecule has 1 saturated heterocycles. The Morgan fingerprint density at radius 1 is 1.03 bits per heavy atom. The normalized spacial score (nSPS) is 14.0. The number of hydrogen-bond acceptors (Lipinski definition) is 4. The van der Waals surface area contributed by atoms with Gasteiger partial charge in [0.15, 0.2) is 0 Å². The molecule has 2 heterocycles. The molecule has 162 valence electrons. The molecule has 1 aliphatic rings. The number of thioether (sulfide) groups is 1. The van der Waals surface area contributed by atoms with E-state index >= 15 is 0 Å². The Bertz CT molecular complexity index is 1070. The molecule has 4 rings (SSSR count). The van der Waals surface area contributed by atoms with Crippen LogP contribution in [0.4, 0.5) is 0 Å². The summed E-state index contributed by atoms with van der Waals surface area (Å²) in [6.45, 7) is 7.80. The molecule has 1 amide bonds. The van der Waals surface area contributed by atoms with Gasteiger partial charge in [0, 0.05) is 36.6 Å². The van der Waals surface area contributed by atoms with Gasteiger partial charge in [0.1, 0.15) is 5.75 Å². The van der Waals surface area contributed by atoms with Crippen LogP contribution in [0.15, 0.2) is 48.5 Å². The van der Waals surface area contributed by atoms with Gasteiger partial charge < -0.3 is 9.64 Å². The highest BCUT2D eigenvalue weighted by Gasteiger charge is 2.22. The molecule has 0 radical (unpaired) electrons. The monoisotopic (exact) mass is 435 g/mol. The van der Waals surface area contributed by atoms with Crippen molar-refractivity contribution in [2.45, 2.75) is 33.6 Å². The summed E-state index contributed by atoms with van der Waals surface area (Å²) in [6.07, 6.45) is 1.08. The minimum absolute atomic E-state index is 0.213. The van der Waals surface area contributed by atoms with Crippen molar-refractivity contribution in [3.05, 3.63) is 70.9 Å². The third-order valence-electron chi connectivity index (χ3n) is 5.54. The lowest BCUT2D eigenvalue weighted by Crippen LogP contribution is -2.38. The molecule has 1 aromatic heterocycles. The Labute approximate surface area is 188 Å². The maximum Gasteiger partial charge on any atom is 0.226 e. The van der Waals surface area contributed by atoms with Crippen molar-refractivity contribution in [2.24, 2.45) is 0 Å². The summed E-state index contributed by atoms with van der Waals surface area (Å²) < 4.78 is 8.25. The highest BCUT2D eigenvalue weighted by Crippen LogP contribution is 2.32. The number of carbonyl (C=O) groups excluding carboxylic acids is 1. The molecule has 5 nitrogen and oxygen atoms in total. The Morgan fingerprint density at radius 2 is 1.74 bits per heavy atom. The molecule has 31 heavy (non-hydrogen) atoms. The molecular weight excluding hydrogens is 406 g/mol. The molecule has 0 atom stereocenters. The molecule has 0 saturated carbocycles. The SMILES string of the molecule is Cc1cccc(Oc2c(CCC(=O)N3CCSCC3)c(C)nn2-c2cccc(C)c2)c1. The Balaban J connectivity index is 1.65. The van der Waals surface area contributed by atoms with Crippen molar-refractivity contribution in [1.82, 2.24) is 14.7 Å². The van der Waals surface area contributed by atoms with Crippen LogP contribution < -0.4 is 4.74 Å². The molecule has 1 aliphatic heterocycles. The number of benzene rings is 2. The van der Waals surface area contributed by atoms with Crippen LogP contribution in [-0.2, 0) is 11.2 Å². The number of carbonyl (C=O) groups is 1. The number of rotatable bonds is 6. The fraction of sp³-hybridized carbons (Fsp3) is 0.360. The van der Waals surface area contributed by atoms with E-state index in [1.54, 1.807) is 0 Å².